The van der Waals surface area contributed by atoms with Gasteiger partial charge in [-0.15, -0.1) is 0 Å². The summed E-state index contributed by atoms with van der Waals surface area (Å²) in [6.07, 6.45) is 1.72. The summed E-state index contributed by atoms with van der Waals surface area (Å²) in [7, 11) is 1.71. The van der Waals surface area contributed by atoms with Crippen molar-refractivity contribution in [3.05, 3.63) is 0 Å². The summed E-state index contributed by atoms with van der Waals surface area (Å²) in [5.74, 6) is 0. The van der Waals surface area contributed by atoms with Crippen molar-refractivity contribution in [2.24, 2.45) is 10.1 Å². The van der Waals surface area contributed by atoms with Crippen molar-refractivity contribution >= 4 is 12.9 Å². The average Bonchev–Trinajstić information content (AvgIpc) is 1.69. The summed E-state index contributed by atoms with van der Waals surface area (Å²) in [6, 6.07) is 0. The predicted molar refractivity (Wildman–Crippen MR) is 32.0 cm³/mol. The lowest BCUT2D eigenvalue weighted by molar-refractivity contribution is 0.863. The van der Waals surface area contributed by atoms with E-state index in [0.29, 0.717) is 6.54 Å². The van der Waals surface area contributed by atoms with Crippen LogP contribution in [0, 0.1) is 0 Å². The van der Waals surface area contributed by atoms with E-state index in [1.54, 1.807) is 13.3 Å². The molecule has 0 saturated carbocycles. The van der Waals surface area contributed by atoms with E-state index in [2.05, 4.69) is 22.2 Å². The summed E-state index contributed by atoms with van der Waals surface area (Å²) in [6.45, 7) is 3.88. The van der Waals surface area contributed by atoms with E-state index in [1.165, 1.54) is 0 Å². The van der Waals surface area contributed by atoms with E-state index in [9.17, 15) is 0 Å². The highest BCUT2D eigenvalue weighted by molar-refractivity contribution is 5.59. The van der Waals surface area contributed by atoms with Gasteiger partial charge in [-0.1, -0.05) is 0 Å². The Labute approximate surface area is 43.1 Å². The van der Waals surface area contributed by atoms with Crippen LogP contribution >= 0.6 is 0 Å². The van der Waals surface area contributed by atoms with Gasteiger partial charge in [-0.25, -0.2) is 0 Å². The summed E-state index contributed by atoms with van der Waals surface area (Å²) in [5, 5.41) is 3.38. The molecule has 0 rings (SSSR count). The standard InChI is InChI=1S/C4H9N3/c1-5-3-4-7-6-2/h3,7H,2,4H2,1H3/b5-3+. The normalized spacial score (nSPS) is 9.29. The fourth-order valence-corrected chi connectivity index (χ4v) is 0.197. The van der Waals surface area contributed by atoms with Crippen LogP contribution in [0.4, 0.5) is 0 Å². The van der Waals surface area contributed by atoms with Gasteiger partial charge >= 0.3 is 0 Å². The van der Waals surface area contributed by atoms with Gasteiger partial charge < -0.3 is 5.43 Å². The number of nitrogens with zero attached hydrogens (tertiary/aromatic N) is 2. The number of hydrogen-bond donors (Lipinski definition) is 1. The molecule has 0 aliphatic rings. The fourth-order valence-electron chi connectivity index (χ4n) is 0.197. The number of hydrogen-bond acceptors (Lipinski definition) is 3. The third-order valence-corrected chi connectivity index (χ3v) is 0.477. The molecule has 40 valence electrons. The Morgan fingerprint density at radius 2 is 2.57 bits per heavy atom. The van der Waals surface area contributed by atoms with Gasteiger partial charge in [-0.2, -0.15) is 5.10 Å². The topological polar surface area (TPSA) is 36.8 Å². The summed E-state index contributed by atoms with van der Waals surface area (Å²) < 4.78 is 0. The molecule has 3 heteroatoms. The first-order valence-corrected chi connectivity index (χ1v) is 2.01. The molecule has 0 radical (unpaired) electrons. The van der Waals surface area contributed by atoms with Gasteiger partial charge in [0.15, 0.2) is 0 Å². The second kappa shape index (κ2) is 5.14. The van der Waals surface area contributed by atoms with Crippen LogP contribution in [0.2, 0.25) is 0 Å². The number of aliphatic imine (C=N–C) groups is 1. The Kier molecular flexibility index (Phi) is 4.51. The minimum Gasteiger partial charge on any atom is -0.305 e. The maximum absolute atomic E-state index is 3.70. The summed E-state index contributed by atoms with van der Waals surface area (Å²) in [4.78, 5) is 3.70. The van der Waals surface area contributed by atoms with Crippen molar-refractivity contribution in [3.8, 4) is 0 Å². The number of nitrogens with one attached hydrogen (secondary N) is 1. The van der Waals surface area contributed by atoms with Crippen LogP contribution in [-0.2, 0) is 0 Å². The monoisotopic (exact) mass is 99.1 g/mol. The Bertz CT molecular complexity index is 67.3. The Balaban J connectivity index is 2.82. The van der Waals surface area contributed by atoms with Gasteiger partial charge in [-0.05, 0) is 0 Å². The van der Waals surface area contributed by atoms with Crippen molar-refractivity contribution in [3.63, 3.8) is 0 Å². The Morgan fingerprint density at radius 1 is 1.86 bits per heavy atom. The van der Waals surface area contributed by atoms with Crippen LogP contribution in [0.5, 0.6) is 0 Å². The van der Waals surface area contributed by atoms with E-state index >= 15 is 0 Å². The maximum Gasteiger partial charge on any atom is 0.0677 e. The fraction of sp³-hybridized carbons (Fsp3) is 0.500. The lowest BCUT2D eigenvalue weighted by Crippen LogP contribution is -2.06. The van der Waals surface area contributed by atoms with Crippen molar-refractivity contribution in [2.45, 2.75) is 0 Å². The molecule has 0 saturated heterocycles. The molecule has 0 aromatic heterocycles. The van der Waals surface area contributed by atoms with Crippen LogP contribution < -0.4 is 5.43 Å². The molecule has 0 fully saturated rings. The first-order valence-electron chi connectivity index (χ1n) is 2.01. The zero-order chi connectivity index (χ0) is 5.54. The molecular formula is C4H9N3. The molecule has 0 aliphatic heterocycles. The average molecular weight is 99.1 g/mol. The van der Waals surface area contributed by atoms with E-state index in [-0.39, 0.29) is 0 Å². The second-order valence-electron chi connectivity index (χ2n) is 0.961. The van der Waals surface area contributed by atoms with E-state index in [1.807, 2.05) is 0 Å². The van der Waals surface area contributed by atoms with Gasteiger partial charge in [0.05, 0.1) is 6.54 Å². The highest BCUT2D eigenvalue weighted by atomic mass is 15.3. The van der Waals surface area contributed by atoms with E-state index in [4.69, 9.17) is 0 Å². The van der Waals surface area contributed by atoms with Crippen LogP contribution in [0.25, 0.3) is 0 Å². The molecule has 0 unspecified atom stereocenters. The SMILES string of the molecule is C=NNC/C=N/C. The van der Waals surface area contributed by atoms with Crippen molar-refractivity contribution in [1.82, 2.24) is 5.43 Å². The molecule has 0 amide bonds. The Morgan fingerprint density at radius 3 is 3.00 bits per heavy atom. The van der Waals surface area contributed by atoms with Gasteiger partial charge in [0.1, 0.15) is 0 Å². The number of hydrazone groups is 1. The largest absolute Gasteiger partial charge is 0.305 e. The van der Waals surface area contributed by atoms with Crippen molar-refractivity contribution in [2.75, 3.05) is 13.6 Å². The van der Waals surface area contributed by atoms with Gasteiger partial charge in [-0.3, -0.25) is 4.99 Å². The first kappa shape index (κ1) is 6.14. The van der Waals surface area contributed by atoms with Crippen LogP contribution in [0.1, 0.15) is 0 Å². The molecule has 0 aliphatic carbocycles. The maximum atomic E-state index is 3.70. The lowest BCUT2D eigenvalue weighted by atomic mass is 10.7. The molecule has 0 aromatic rings. The summed E-state index contributed by atoms with van der Waals surface area (Å²) >= 11 is 0. The zero-order valence-electron chi connectivity index (χ0n) is 4.39. The van der Waals surface area contributed by atoms with Crippen molar-refractivity contribution < 1.29 is 0 Å². The van der Waals surface area contributed by atoms with Gasteiger partial charge in [0, 0.05) is 20.0 Å². The molecule has 0 atom stereocenters. The Hall–Kier alpha value is -0.860. The van der Waals surface area contributed by atoms with Crippen LogP contribution in [-0.4, -0.2) is 26.5 Å². The smallest absolute Gasteiger partial charge is 0.0677 e. The van der Waals surface area contributed by atoms with Crippen LogP contribution in [0.15, 0.2) is 10.1 Å². The third-order valence-electron chi connectivity index (χ3n) is 0.477. The number of rotatable bonds is 3. The molecule has 0 bridgehead atoms. The lowest BCUT2D eigenvalue weighted by Gasteiger charge is -1.85. The molecule has 0 spiro atoms. The van der Waals surface area contributed by atoms with Gasteiger partial charge in [0.25, 0.3) is 0 Å². The molecule has 7 heavy (non-hydrogen) atoms. The first-order chi connectivity index (χ1) is 3.41. The van der Waals surface area contributed by atoms with Gasteiger partial charge in [0.2, 0.25) is 0 Å². The molecule has 0 heterocycles. The molecule has 1 N–H and O–H groups in total. The minimum absolute atomic E-state index is 0.667. The van der Waals surface area contributed by atoms with E-state index in [0.717, 1.165) is 0 Å². The quantitative estimate of drug-likeness (QED) is 0.299. The van der Waals surface area contributed by atoms with Crippen molar-refractivity contribution in [1.29, 1.82) is 0 Å². The highest BCUT2D eigenvalue weighted by Crippen LogP contribution is 1.51. The molecule has 3 nitrogen and oxygen atoms in total. The summed E-state index contributed by atoms with van der Waals surface area (Å²) in [5.41, 5.74) is 2.61. The van der Waals surface area contributed by atoms with E-state index < -0.39 is 0 Å². The minimum atomic E-state index is 0.667. The second-order valence-corrected chi connectivity index (χ2v) is 0.961. The predicted octanol–water partition coefficient (Wildman–Crippen LogP) is -0.108. The van der Waals surface area contributed by atoms with Crippen LogP contribution in [0.3, 0.4) is 0 Å². The highest BCUT2D eigenvalue weighted by Gasteiger charge is 1.65. The zero-order valence-corrected chi connectivity index (χ0v) is 4.39. The third kappa shape index (κ3) is 5.14. The molecule has 0 aromatic carbocycles. The molecular weight excluding hydrogens is 90.1 g/mol.